The summed E-state index contributed by atoms with van der Waals surface area (Å²) in [6.45, 7) is 5.28. The largest absolute Gasteiger partial charge is 0.481 e. The molecule has 1 aliphatic heterocycles. The Labute approximate surface area is 95.3 Å². The van der Waals surface area contributed by atoms with Crippen molar-refractivity contribution < 1.29 is 9.90 Å². The van der Waals surface area contributed by atoms with E-state index in [4.69, 9.17) is 5.11 Å². The first kappa shape index (κ1) is 11.2. The van der Waals surface area contributed by atoms with E-state index in [1.807, 2.05) is 6.92 Å². The number of aromatic nitrogens is 2. The average molecular weight is 222 g/mol. The van der Waals surface area contributed by atoms with Crippen molar-refractivity contribution in [1.29, 1.82) is 0 Å². The van der Waals surface area contributed by atoms with Crippen molar-refractivity contribution in [3.05, 3.63) is 17.2 Å². The molecule has 1 aliphatic rings. The summed E-state index contributed by atoms with van der Waals surface area (Å²) in [7, 11) is 0. The smallest absolute Gasteiger partial charge is 0.303 e. The molecule has 1 N–H and O–H groups in total. The highest BCUT2D eigenvalue weighted by atomic mass is 16.4. The van der Waals surface area contributed by atoms with E-state index in [2.05, 4.69) is 16.5 Å². The maximum atomic E-state index is 10.6. The Morgan fingerprint density at radius 1 is 1.62 bits per heavy atom. The molecule has 0 amide bonds. The van der Waals surface area contributed by atoms with Gasteiger partial charge in [-0.25, -0.2) is 4.98 Å². The van der Waals surface area contributed by atoms with Gasteiger partial charge in [-0.3, -0.25) is 4.79 Å². The monoisotopic (exact) mass is 222 g/mol. The second-order valence-corrected chi connectivity index (χ2v) is 4.70. The Hall–Kier alpha value is -1.32. The molecule has 2 heterocycles. The molecule has 88 valence electrons. The van der Waals surface area contributed by atoms with Crippen LogP contribution in [0.4, 0.5) is 0 Å². The molecule has 0 spiro atoms. The van der Waals surface area contributed by atoms with Crippen LogP contribution in [-0.4, -0.2) is 20.6 Å². The zero-order chi connectivity index (χ0) is 11.7. The number of carboxylic acid groups (broad SMARTS) is 1. The number of hydrogen-bond acceptors (Lipinski definition) is 2. The molecule has 4 heteroatoms. The lowest BCUT2D eigenvalue weighted by Gasteiger charge is -2.22. The van der Waals surface area contributed by atoms with Gasteiger partial charge in [-0.1, -0.05) is 6.92 Å². The Morgan fingerprint density at radius 3 is 3.06 bits per heavy atom. The molecule has 2 rings (SSSR count). The minimum absolute atomic E-state index is 0.178. The normalized spacial score (nSPS) is 19.5. The van der Waals surface area contributed by atoms with Crippen LogP contribution in [0.1, 0.15) is 37.0 Å². The van der Waals surface area contributed by atoms with Crippen LogP contribution >= 0.6 is 0 Å². The van der Waals surface area contributed by atoms with Crippen LogP contribution in [0.15, 0.2) is 0 Å². The maximum Gasteiger partial charge on any atom is 0.303 e. The van der Waals surface area contributed by atoms with Crippen LogP contribution in [0, 0.1) is 12.8 Å². The highest BCUT2D eigenvalue weighted by molar-refractivity contribution is 5.67. The van der Waals surface area contributed by atoms with Gasteiger partial charge >= 0.3 is 5.97 Å². The number of aliphatic carboxylic acids is 1. The third-order valence-corrected chi connectivity index (χ3v) is 3.31. The summed E-state index contributed by atoms with van der Waals surface area (Å²) in [6, 6.07) is 0. The highest BCUT2D eigenvalue weighted by Gasteiger charge is 2.21. The van der Waals surface area contributed by atoms with E-state index in [-0.39, 0.29) is 6.42 Å². The lowest BCUT2D eigenvalue weighted by atomic mass is 9.96. The molecule has 0 radical (unpaired) electrons. The van der Waals surface area contributed by atoms with Crippen molar-refractivity contribution in [3.8, 4) is 0 Å². The summed E-state index contributed by atoms with van der Waals surface area (Å²) in [5.74, 6) is 0.970. The molecule has 1 unspecified atom stereocenters. The second-order valence-electron chi connectivity index (χ2n) is 4.70. The Kier molecular flexibility index (Phi) is 2.99. The molecule has 0 bridgehead atoms. The fourth-order valence-corrected chi connectivity index (χ4v) is 2.40. The van der Waals surface area contributed by atoms with Gasteiger partial charge in [0.25, 0.3) is 0 Å². The molecule has 1 aromatic heterocycles. The van der Waals surface area contributed by atoms with E-state index >= 15 is 0 Å². The summed E-state index contributed by atoms with van der Waals surface area (Å²) in [4.78, 5) is 15.1. The highest BCUT2D eigenvalue weighted by Crippen LogP contribution is 2.25. The molecule has 1 aromatic rings. The molecule has 0 fully saturated rings. The van der Waals surface area contributed by atoms with Gasteiger partial charge in [0.2, 0.25) is 0 Å². The minimum atomic E-state index is -0.747. The standard InChI is InChI=1S/C12H18N2O2/c1-8-5-6-14-9(2)13-10(11(14)7-8)3-4-12(15)16/h8H,3-7H2,1-2H3,(H,15,16). The van der Waals surface area contributed by atoms with Crippen LogP contribution in [0.25, 0.3) is 0 Å². The Balaban J connectivity index is 2.22. The number of carboxylic acids is 1. The Bertz CT molecular complexity index is 409. The number of hydrogen-bond donors (Lipinski definition) is 1. The molecule has 4 nitrogen and oxygen atoms in total. The van der Waals surface area contributed by atoms with E-state index < -0.39 is 5.97 Å². The first-order chi connectivity index (χ1) is 7.58. The number of rotatable bonds is 3. The van der Waals surface area contributed by atoms with Crippen LogP contribution in [0.2, 0.25) is 0 Å². The maximum absolute atomic E-state index is 10.6. The number of aryl methyl sites for hydroxylation is 2. The van der Waals surface area contributed by atoms with Gasteiger partial charge in [-0.15, -0.1) is 0 Å². The van der Waals surface area contributed by atoms with Crippen molar-refractivity contribution >= 4 is 5.97 Å². The van der Waals surface area contributed by atoms with Gasteiger partial charge in [0.1, 0.15) is 5.82 Å². The summed E-state index contributed by atoms with van der Waals surface area (Å²) in [5.41, 5.74) is 2.25. The Morgan fingerprint density at radius 2 is 2.38 bits per heavy atom. The minimum Gasteiger partial charge on any atom is -0.481 e. The zero-order valence-corrected chi connectivity index (χ0v) is 9.86. The number of imidazole rings is 1. The molecule has 0 aromatic carbocycles. The topological polar surface area (TPSA) is 55.1 Å². The van der Waals surface area contributed by atoms with E-state index in [1.54, 1.807) is 0 Å². The van der Waals surface area contributed by atoms with E-state index in [0.717, 1.165) is 24.5 Å². The van der Waals surface area contributed by atoms with Gasteiger partial charge < -0.3 is 9.67 Å². The van der Waals surface area contributed by atoms with Crippen molar-refractivity contribution in [2.75, 3.05) is 0 Å². The molecule has 0 aliphatic carbocycles. The van der Waals surface area contributed by atoms with Crippen molar-refractivity contribution in [2.24, 2.45) is 5.92 Å². The SMILES string of the molecule is Cc1nc(CCC(=O)O)c2n1CCC(C)C2. The van der Waals surface area contributed by atoms with Gasteiger partial charge in [-0.05, 0) is 25.7 Å². The molecule has 16 heavy (non-hydrogen) atoms. The summed E-state index contributed by atoms with van der Waals surface area (Å²) in [5, 5.41) is 8.70. The van der Waals surface area contributed by atoms with Crippen LogP contribution in [-0.2, 0) is 24.2 Å². The second kappa shape index (κ2) is 4.28. The van der Waals surface area contributed by atoms with Gasteiger partial charge in [-0.2, -0.15) is 0 Å². The molecule has 0 saturated carbocycles. The quantitative estimate of drug-likeness (QED) is 0.848. The first-order valence-electron chi connectivity index (χ1n) is 5.84. The first-order valence-corrected chi connectivity index (χ1v) is 5.84. The lowest BCUT2D eigenvalue weighted by Crippen LogP contribution is -2.18. The van der Waals surface area contributed by atoms with E-state index in [0.29, 0.717) is 12.3 Å². The molecule has 0 saturated heterocycles. The van der Waals surface area contributed by atoms with Crippen LogP contribution in [0.3, 0.4) is 0 Å². The summed E-state index contributed by atoms with van der Waals surface area (Å²) >= 11 is 0. The fraction of sp³-hybridized carbons (Fsp3) is 0.667. The lowest BCUT2D eigenvalue weighted by molar-refractivity contribution is -0.136. The summed E-state index contributed by atoms with van der Waals surface area (Å²) in [6.07, 6.45) is 2.97. The predicted molar refractivity (Wildman–Crippen MR) is 60.4 cm³/mol. The van der Waals surface area contributed by atoms with E-state index in [1.165, 1.54) is 12.1 Å². The number of fused-ring (bicyclic) bond motifs is 1. The molecule has 1 atom stereocenters. The number of carbonyl (C=O) groups is 1. The van der Waals surface area contributed by atoms with Gasteiger partial charge in [0, 0.05) is 18.7 Å². The van der Waals surface area contributed by atoms with Crippen LogP contribution < -0.4 is 0 Å². The van der Waals surface area contributed by atoms with Crippen LogP contribution in [0.5, 0.6) is 0 Å². The third-order valence-electron chi connectivity index (χ3n) is 3.31. The summed E-state index contributed by atoms with van der Waals surface area (Å²) < 4.78 is 2.25. The van der Waals surface area contributed by atoms with Crippen molar-refractivity contribution in [2.45, 2.75) is 46.1 Å². The van der Waals surface area contributed by atoms with E-state index in [9.17, 15) is 4.79 Å². The average Bonchev–Trinajstić information content (AvgIpc) is 2.52. The predicted octanol–water partition coefficient (Wildman–Crippen LogP) is 1.79. The van der Waals surface area contributed by atoms with Crippen molar-refractivity contribution in [1.82, 2.24) is 9.55 Å². The molecular formula is C12H18N2O2. The van der Waals surface area contributed by atoms with Gasteiger partial charge in [0.05, 0.1) is 12.1 Å². The third kappa shape index (κ3) is 2.10. The zero-order valence-electron chi connectivity index (χ0n) is 9.86. The van der Waals surface area contributed by atoms with Crippen molar-refractivity contribution in [3.63, 3.8) is 0 Å². The number of nitrogens with zero attached hydrogens (tertiary/aromatic N) is 2. The fourth-order valence-electron chi connectivity index (χ4n) is 2.40. The molecular weight excluding hydrogens is 204 g/mol. The van der Waals surface area contributed by atoms with Gasteiger partial charge in [0.15, 0.2) is 0 Å².